The van der Waals surface area contributed by atoms with Crippen molar-refractivity contribution in [2.45, 2.75) is 20.0 Å². The molecule has 142 valence electrons. The van der Waals surface area contributed by atoms with Gasteiger partial charge in [0.25, 0.3) is 5.91 Å². The number of aryl methyl sites for hydroxylation is 1. The number of halogens is 1. The van der Waals surface area contributed by atoms with Gasteiger partial charge in [-0.3, -0.25) is 4.79 Å². The first-order chi connectivity index (χ1) is 13.4. The zero-order valence-corrected chi connectivity index (χ0v) is 15.5. The molecule has 0 spiro atoms. The monoisotopic (exact) mass is 378 g/mol. The molecule has 0 fully saturated rings. The zero-order valence-electron chi connectivity index (χ0n) is 15.5. The minimum absolute atomic E-state index is 0.298. The maximum absolute atomic E-state index is 13.5. The molecule has 0 saturated heterocycles. The van der Waals surface area contributed by atoms with Gasteiger partial charge in [0.1, 0.15) is 5.82 Å². The molecule has 1 amide bonds. The van der Waals surface area contributed by atoms with Crippen molar-refractivity contribution in [3.63, 3.8) is 0 Å². The van der Waals surface area contributed by atoms with Crippen molar-refractivity contribution in [1.29, 1.82) is 0 Å². The predicted molar refractivity (Wildman–Crippen MR) is 106 cm³/mol. The van der Waals surface area contributed by atoms with Gasteiger partial charge in [0, 0.05) is 17.1 Å². The third kappa shape index (κ3) is 4.79. The molecule has 28 heavy (non-hydrogen) atoms. The van der Waals surface area contributed by atoms with Crippen molar-refractivity contribution in [2.24, 2.45) is 0 Å². The molecule has 0 radical (unpaired) electrons. The lowest BCUT2D eigenvalue weighted by Crippen LogP contribution is -2.29. The van der Waals surface area contributed by atoms with Gasteiger partial charge in [0.2, 0.25) is 0 Å². The Hall–Kier alpha value is -3.54. The van der Waals surface area contributed by atoms with E-state index in [4.69, 9.17) is 4.74 Å². The molecule has 0 aliphatic carbocycles. The number of pyridine rings is 1. The number of hydrogen-bond acceptors (Lipinski definition) is 4. The van der Waals surface area contributed by atoms with Crippen LogP contribution >= 0.6 is 0 Å². The molecule has 6 heteroatoms. The van der Waals surface area contributed by atoms with Gasteiger partial charge in [-0.1, -0.05) is 30.3 Å². The topological polar surface area (TPSA) is 68.3 Å². The molecule has 0 aliphatic heterocycles. The van der Waals surface area contributed by atoms with Crippen molar-refractivity contribution in [3.05, 3.63) is 77.7 Å². The highest BCUT2D eigenvalue weighted by atomic mass is 19.1. The molecule has 2 aromatic carbocycles. The van der Waals surface area contributed by atoms with Crippen LogP contribution in [0.2, 0.25) is 0 Å². The van der Waals surface area contributed by atoms with E-state index in [2.05, 4.69) is 10.3 Å². The Labute approximate surface area is 161 Å². The van der Waals surface area contributed by atoms with Gasteiger partial charge in [0.15, 0.2) is 6.10 Å². The molecule has 0 aliphatic rings. The Morgan fingerprint density at radius 2 is 1.93 bits per heavy atom. The van der Waals surface area contributed by atoms with Gasteiger partial charge in [-0.15, -0.1) is 0 Å². The summed E-state index contributed by atoms with van der Waals surface area (Å²) in [6.45, 7) is 3.07. The van der Waals surface area contributed by atoms with E-state index in [1.54, 1.807) is 25.1 Å². The summed E-state index contributed by atoms with van der Waals surface area (Å²) in [6, 6.07) is 15.7. The van der Waals surface area contributed by atoms with Gasteiger partial charge in [-0.25, -0.2) is 14.2 Å². The normalized spacial score (nSPS) is 12.1. The number of amides is 1. The van der Waals surface area contributed by atoms with Crippen molar-refractivity contribution in [3.8, 4) is 0 Å². The van der Waals surface area contributed by atoms with Crippen LogP contribution in [-0.2, 0) is 14.3 Å². The van der Waals surface area contributed by atoms with E-state index in [0.717, 1.165) is 10.9 Å². The average Bonchev–Trinajstić information content (AvgIpc) is 2.69. The third-order valence-corrected chi connectivity index (χ3v) is 4.11. The number of esters is 1. The Bertz CT molecular complexity index is 1060. The molecule has 1 heterocycles. The van der Waals surface area contributed by atoms with Gasteiger partial charge in [0.05, 0.1) is 11.2 Å². The summed E-state index contributed by atoms with van der Waals surface area (Å²) in [6.07, 6.45) is 1.70. The second kappa shape index (κ2) is 8.43. The molecule has 3 rings (SSSR count). The van der Waals surface area contributed by atoms with Crippen LogP contribution in [0.25, 0.3) is 17.0 Å². The summed E-state index contributed by atoms with van der Waals surface area (Å²) >= 11 is 0. The fraction of sp³-hybridized carbons (Fsp3) is 0.136. The number of carbonyl (C=O) groups excluding carboxylic acids is 2. The molecule has 1 atom stereocenters. The van der Waals surface area contributed by atoms with Crippen LogP contribution in [0.15, 0.2) is 60.7 Å². The minimum Gasteiger partial charge on any atom is -0.449 e. The standard InChI is InChI=1S/C22H19FN2O3/c1-14-7-9-18(13-19(14)23)25-22(27)15(2)28-21(26)12-11-17-10-8-16-5-3-4-6-20(16)24-17/h3-13,15H,1-2H3,(H,25,27)/b12-11+. The van der Waals surface area contributed by atoms with Crippen LogP contribution in [0.3, 0.4) is 0 Å². The summed E-state index contributed by atoms with van der Waals surface area (Å²) in [5, 5.41) is 3.52. The van der Waals surface area contributed by atoms with Crippen LogP contribution in [-0.4, -0.2) is 23.0 Å². The molecule has 3 aromatic rings. The number of aromatic nitrogens is 1. The quantitative estimate of drug-likeness (QED) is 0.532. The van der Waals surface area contributed by atoms with Crippen LogP contribution < -0.4 is 5.32 Å². The number of hydrogen-bond donors (Lipinski definition) is 1. The highest BCUT2D eigenvalue weighted by Crippen LogP contribution is 2.15. The van der Waals surface area contributed by atoms with Crippen LogP contribution in [0, 0.1) is 12.7 Å². The molecular formula is C22H19FN2O3. The summed E-state index contributed by atoms with van der Waals surface area (Å²) in [7, 11) is 0. The van der Waals surface area contributed by atoms with Gasteiger partial charge < -0.3 is 10.1 Å². The zero-order chi connectivity index (χ0) is 20.1. The molecule has 0 bridgehead atoms. The van der Waals surface area contributed by atoms with Crippen LogP contribution in [0.1, 0.15) is 18.2 Å². The van der Waals surface area contributed by atoms with Crippen molar-refractivity contribution >= 4 is 34.5 Å². The Balaban J connectivity index is 1.58. The lowest BCUT2D eigenvalue weighted by Gasteiger charge is -2.12. The largest absolute Gasteiger partial charge is 0.449 e. The van der Waals surface area contributed by atoms with Gasteiger partial charge >= 0.3 is 5.97 Å². The number of rotatable bonds is 5. The number of anilines is 1. The Morgan fingerprint density at radius 3 is 2.71 bits per heavy atom. The lowest BCUT2D eigenvalue weighted by molar-refractivity contribution is -0.148. The summed E-state index contributed by atoms with van der Waals surface area (Å²) in [5.41, 5.74) is 2.19. The molecular weight excluding hydrogens is 359 g/mol. The second-order valence-electron chi connectivity index (χ2n) is 6.29. The maximum Gasteiger partial charge on any atom is 0.331 e. The van der Waals surface area contributed by atoms with Crippen LogP contribution in [0.4, 0.5) is 10.1 Å². The predicted octanol–water partition coefficient (Wildman–Crippen LogP) is 4.27. The highest BCUT2D eigenvalue weighted by Gasteiger charge is 2.17. The number of nitrogens with zero attached hydrogens (tertiary/aromatic N) is 1. The van der Waals surface area contributed by atoms with E-state index in [0.29, 0.717) is 16.9 Å². The van der Waals surface area contributed by atoms with E-state index in [9.17, 15) is 14.0 Å². The van der Waals surface area contributed by atoms with Gasteiger partial charge in [-0.2, -0.15) is 0 Å². The van der Waals surface area contributed by atoms with Crippen molar-refractivity contribution < 1.29 is 18.7 Å². The average molecular weight is 378 g/mol. The first-order valence-electron chi connectivity index (χ1n) is 8.74. The van der Waals surface area contributed by atoms with Crippen molar-refractivity contribution in [2.75, 3.05) is 5.32 Å². The number of ether oxygens (including phenoxy) is 1. The third-order valence-electron chi connectivity index (χ3n) is 4.11. The first-order valence-corrected chi connectivity index (χ1v) is 8.74. The van der Waals surface area contributed by atoms with Crippen molar-refractivity contribution in [1.82, 2.24) is 4.98 Å². The fourth-order valence-electron chi connectivity index (χ4n) is 2.51. The molecule has 1 aromatic heterocycles. The first kappa shape index (κ1) is 19.2. The number of nitrogens with one attached hydrogen (secondary N) is 1. The maximum atomic E-state index is 13.5. The highest BCUT2D eigenvalue weighted by molar-refractivity contribution is 5.96. The summed E-state index contributed by atoms with van der Waals surface area (Å²) < 4.78 is 18.6. The summed E-state index contributed by atoms with van der Waals surface area (Å²) in [5.74, 6) is -1.64. The summed E-state index contributed by atoms with van der Waals surface area (Å²) in [4.78, 5) is 28.5. The number of fused-ring (bicyclic) bond motifs is 1. The molecule has 1 unspecified atom stereocenters. The second-order valence-corrected chi connectivity index (χ2v) is 6.29. The molecule has 5 nitrogen and oxygen atoms in total. The van der Waals surface area contributed by atoms with Crippen LogP contribution in [0.5, 0.6) is 0 Å². The van der Waals surface area contributed by atoms with Gasteiger partial charge in [-0.05, 0) is 49.8 Å². The number of para-hydroxylation sites is 1. The van der Waals surface area contributed by atoms with E-state index >= 15 is 0 Å². The molecule has 1 N–H and O–H groups in total. The SMILES string of the molecule is Cc1ccc(NC(=O)C(C)OC(=O)/C=C/c2ccc3ccccc3n2)cc1F. The lowest BCUT2D eigenvalue weighted by atomic mass is 10.2. The number of benzene rings is 2. The Morgan fingerprint density at radius 1 is 1.14 bits per heavy atom. The van der Waals surface area contributed by atoms with E-state index in [-0.39, 0.29) is 0 Å². The minimum atomic E-state index is -1.04. The molecule has 0 saturated carbocycles. The Kier molecular flexibility index (Phi) is 5.79. The number of carbonyl (C=O) groups is 2. The fourth-order valence-corrected chi connectivity index (χ4v) is 2.51. The van der Waals surface area contributed by atoms with E-state index < -0.39 is 23.8 Å². The van der Waals surface area contributed by atoms with E-state index in [1.165, 1.54) is 25.1 Å². The van der Waals surface area contributed by atoms with E-state index in [1.807, 2.05) is 30.3 Å². The smallest absolute Gasteiger partial charge is 0.331 e.